The lowest BCUT2D eigenvalue weighted by atomic mass is 9.96. The predicted molar refractivity (Wildman–Crippen MR) is 83.3 cm³/mol. The van der Waals surface area contributed by atoms with Gasteiger partial charge in [0.15, 0.2) is 0 Å². The van der Waals surface area contributed by atoms with Gasteiger partial charge < -0.3 is 15.2 Å². The van der Waals surface area contributed by atoms with E-state index in [0.717, 1.165) is 23.1 Å². The molecule has 1 atom stereocenters. The Balaban J connectivity index is 1.53. The summed E-state index contributed by atoms with van der Waals surface area (Å²) in [5.41, 5.74) is 1.98. The molecular formula is C18H19NO3. The van der Waals surface area contributed by atoms with Crippen LogP contribution in [0.1, 0.15) is 23.1 Å². The van der Waals surface area contributed by atoms with Crippen molar-refractivity contribution < 1.29 is 14.6 Å². The molecule has 2 aromatic rings. The first-order valence-electron chi connectivity index (χ1n) is 7.43. The van der Waals surface area contributed by atoms with Crippen molar-refractivity contribution in [3.05, 3.63) is 71.3 Å². The normalized spacial score (nSPS) is 19.5. The summed E-state index contributed by atoms with van der Waals surface area (Å²) in [5, 5.41) is 13.4. The standard InChI is InChI=1S/C18H19NO3/c20-17(22-12-14-6-2-1-3-7-14)19-13-18(21)11-10-15-8-4-5-9-16(15)18/h1-9,21H,10-13H2,(H,19,20). The first-order valence-corrected chi connectivity index (χ1v) is 7.43. The lowest BCUT2D eigenvalue weighted by Gasteiger charge is -2.24. The Bertz CT molecular complexity index is 656. The number of ether oxygens (including phenoxy) is 1. The number of rotatable bonds is 4. The van der Waals surface area contributed by atoms with Gasteiger partial charge in [0, 0.05) is 0 Å². The van der Waals surface area contributed by atoms with Crippen LogP contribution in [0.25, 0.3) is 0 Å². The van der Waals surface area contributed by atoms with E-state index in [1.807, 2.05) is 54.6 Å². The van der Waals surface area contributed by atoms with E-state index in [4.69, 9.17) is 4.74 Å². The maximum atomic E-state index is 11.8. The first kappa shape index (κ1) is 14.6. The van der Waals surface area contributed by atoms with Crippen LogP contribution in [0, 0.1) is 0 Å². The van der Waals surface area contributed by atoms with E-state index in [1.165, 1.54) is 0 Å². The number of aliphatic hydroxyl groups is 1. The molecule has 2 N–H and O–H groups in total. The minimum absolute atomic E-state index is 0.164. The van der Waals surface area contributed by atoms with Gasteiger partial charge in [-0.1, -0.05) is 54.6 Å². The van der Waals surface area contributed by atoms with Gasteiger partial charge in [0.05, 0.1) is 6.54 Å². The molecule has 0 radical (unpaired) electrons. The van der Waals surface area contributed by atoms with Gasteiger partial charge in [0.25, 0.3) is 0 Å². The molecular weight excluding hydrogens is 278 g/mol. The number of carbonyl (C=O) groups excluding carboxylic acids is 1. The van der Waals surface area contributed by atoms with E-state index >= 15 is 0 Å². The summed E-state index contributed by atoms with van der Waals surface area (Å²) in [6.07, 6.45) is 0.931. The molecule has 0 saturated carbocycles. The molecule has 0 saturated heterocycles. The van der Waals surface area contributed by atoms with Crippen molar-refractivity contribution in [2.24, 2.45) is 0 Å². The molecule has 4 heteroatoms. The van der Waals surface area contributed by atoms with Crippen LogP contribution in [0.3, 0.4) is 0 Å². The smallest absolute Gasteiger partial charge is 0.407 e. The number of nitrogens with one attached hydrogen (secondary N) is 1. The molecule has 3 rings (SSSR count). The van der Waals surface area contributed by atoms with Crippen molar-refractivity contribution >= 4 is 6.09 Å². The van der Waals surface area contributed by atoms with Crippen molar-refractivity contribution in [3.63, 3.8) is 0 Å². The van der Waals surface area contributed by atoms with Crippen molar-refractivity contribution in [2.75, 3.05) is 6.54 Å². The molecule has 0 bridgehead atoms. The third-order valence-electron chi connectivity index (χ3n) is 4.06. The van der Waals surface area contributed by atoms with Gasteiger partial charge >= 0.3 is 6.09 Å². The van der Waals surface area contributed by atoms with Gasteiger partial charge in [0.1, 0.15) is 12.2 Å². The zero-order valence-corrected chi connectivity index (χ0v) is 12.3. The fourth-order valence-corrected chi connectivity index (χ4v) is 2.84. The van der Waals surface area contributed by atoms with Crippen LogP contribution in [0.4, 0.5) is 4.79 Å². The lowest BCUT2D eigenvalue weighted by molar-refractivity contribution is 0.0362. The molecule has 0 aliphatic heterocycles. The number of aryl methyl sites for hydroxylation is 1. The Morgan fingerprint density at radius 3 is 2.68 bits per heavy atom. The third kappa shape index (κ3) is 3.12. The molecule has 1 unspecified atom stereocenters. The summed E-state index contributed by atoms with van der Waals surface area (Å²) in [6, 6.07) is 17.3. The second-order valence-electron chi connectivity index (χ2n) is 5.60. The van der Waals surface area contributed by atoms with Crippen molar-refractivity contribution in [2.45, 2.75) is 25.0 Å². The van der Waals surface area contributed by atoms with Crippen LogP contribution in [-0.2, 0) is 23.4 Å². The zero-order valence-electron chi connectivity index (χ0n) is 12.3. The molecule has 1 aliphatic rings. The average molecular weight is 297 g/mol. The molecule has 0 heterocycles. The Kier molecular flexibility index (Phi) is 4.11. The van der Waals surface area contributed by atoms with E-state index < -0.39 is 11.7 Å². The van der Waals surface area contributed by atoms with Gasteiger partial charge in [-0.05, 0) is 29.5 Å². The van der Waals surface area contributed by atoms with Crippen LogP contribution in [0.2, 0.25) is 0 Å². The fourth-order valence-electron chi connectivity index (χ4n) is 2.84. The fraction of sp³-hybridized carbons (Fsp3) is 0.278. The maximum absolute atomic E-state index is 11.8. The number of fused-ring (bicyclic) bond motifs is 1. The predicted octanol–water partition coefficient (Wildman–Crippen LogP) is 2.75. The minimum Gasteiger partial charge on any atom is -0.445 e. The van der Waals surface area contributed by atoms with Crippen LogP contribution < -0.4 is 5.32 Å². The maximum Gasteiger partial charge on any atom is 0.407 e. The van der Waals surface area contributed by atoms with Gasteiger partial charge in [-0.15, -0.1) is 0 Å². The Hall–Kier alpha value is -2.33. The van der Waals surface area contributed by atoms with Crippen LogP contribution in [0.5, 0.6) is 0 Å². The molecule has 0 aromatic heterocycles. The highest BCUT2D eigenvalue weighted by Gasteiger charge is 2.36. The molecule has 4 nitrogen and oxygen atoms in total. The van der Waals surface area contributed by atoms with E-state index in [-0.39, 0.29) is 13.2 Å². The average Bonchev–Trinajstić information content (AvgIpc) is 2.90. The number of carbonyl (C=O) groups is 1. The van der Waals surface area contributed by atoms with Crippen molar-refractivity contribution in [1.82, 2.24) is 5.32 Å². The van der Waals surface area contributed by atoms with E-state index in [2.05, 4.69) is 5.32 Å². The highest BCUT2D eigenvalue weighted by molar-refractivity contribution is 5.67. The molecule has 1 amide bonds. The number of alkyl carbamates (subject to hydrolysis) is 1. The topological polar surface area (TPSA) is 58.6 Å². The van der Waals surface area contributed by atoms with Crippen LogP contribution in [0.15, 0.2) is 54.6 Å². The Labute approximate surface area is 129 Å². The van der Waals surface area contributed by atoms with E-state index in [0.29, 0.717) is 6.42 Å². The number of amides is 1. The second kappa shape index (κ2) is 6.20. The number of hydrogen-bond donors (Lipinski definition) is 2. The minimum atomic E-state index is -0.998. The highest BCUT2D eigenvalue weighted by Crippen LogP contribution is 2.36. The number of benzene rings is 2. The monoisotopic (exact) mass is 297 g/mol. The summed E-state index contributed by atoms with van der Waals surface area (Å²) in [5.74, 6) is 0. The lowest BCUT2D eigenvalue weighted by Crippen LogP contribution is -2.39. The Morgan fingerprint density at radius 1 is 1.14 bits per heavy atom. The summed E-state index contributed by atoms with van der Waals surface area (Å²) in [7, 11) is 0. The SMILES string of the molecule is O=C(NCC1(O)CCc2ccccc21)OCc1ccccc1. The van der Waals surface area contributed by atoms with Gasteiger partial charge in [0.2, 0.25) is 0 Å². The summed E-state index contributed by atoms with van der Waals surface area (Å²) < 4.78 is 5.16. The van der Waals surface area contributed by atoms with E-state index in [1.54, 1.807) is 0 Å². The molecule has 2 aromatic carbocycles. The molecule has 0 fully saturated rings. The first-order chi connectivity index (χ1) is 10.7. The van der Waals surface area contributed by atoms with Gasteiger partial charge in [-0.2, -0.15) is 0 Å². The van der Waals surface area contributed by atoms with Crippen LogP contribution >= 0.6 is 0 Å². The van der Waals surface area contributed by atoms with Gasteiger partial charge in [-0.25, -0.2) is 4.79 Å². The molecule has 114 valence electrons. The van der Waals surface area contributed by atoms with Gasteiger partial charge in [-0.3, -0.25) is 0 Å². The largest absolute Gasteiger partial charge is 0.445 e. The summed E-state index contributed by atoms with van der Waals surface area (Å²) in [6.45, 7) is 0.388. The molecule has 22 heavy (non-hydrogen) atoms. The number of hydrogen-bond acceptors (Lipinski definition) is 3. The third-order valence-corrected chi connectivity index (χ3v) is 4.06. The summed E-state index contributed by atoms with van der Waals surface area (Å²) >= 11 is 0. The van der Waals surface area contributed by atoms with E-state index in [9.17, 15) is 9.90 Å². The Morgan fingerprint density at radius 2 is 1.86 bits per heavy atom. The van der Waals surface area contributed by atoms with Crippen molar-refractivity contribution in [1.29, 1.82) is 0 Å². The van der Waals surface area contributed by atoms with Crippen LogP contribution in [-0.4, -0.2) is 17.7 Å². The zero-order chi connectivity index (χ0) is 15.4. The second-order valence-corrected chi connectivity index (χ2v) is 5.60. The highest BCUT2D eigenvalue weighted by atomic mass is 16.5. The quantitative estimate of drug-likeness (QED) is 0.912. The molecule has 1 aliphatic carbocycles. The molecule has 0 spiro atoms. The van der Waals surface area contributed by atoms with Crippen molar-refractivity contribution in [3.8, 4) is 0 Å². The summed E-state index contributed by atoms with van der Waals surface area (Å²) in [4.78, 5) is 11.8.